The van der Waals surface area contributed by atoms with Crippen LogP contribution < -0.4 is 5.32 Å². The lowest BCUT2D eigenvalue weighted by Crippen LogP contribution is -2.31. The molecular formula is C19H16N4O. The van der Waals surface area contributed by atoms with Gasteiger partial charge in [0.25, 0.3) is 5.91 Å². The molecule has 1 heterocycles. The van der Waals surface area contributed by atoms with Gasteiger partial charge in [0.05, 0.1) is 11.6 Å². The molecule has 0 spiro atoms. The van der Waals surface area contributed by atoms with Crippen LogP contribution in [0, 0.1) is 11.3 Å². The Hall–Kier alpha value is -3.39. The summed E-state index contributed by atoms with van der Waals surface area (Å²) in [7, 11) is 1.89. The van der Waals surface area contributed by atoms with Crippen molar-refractivity contribution in [1.82, 2.24) is 14.9 Å². The second-order valence-electron chi connectivity index (χ2n) is 5.41. The van der Waals surface area contributed by atoms with E-state index >= 15 is 0 Å². The molecule has 1 unspecified atom stereocenters. The molecule has 5 heteroatoms. The van der Waals surface area contributed by atoms with E-state index in [0.717, 1.165) is 11.4 Å². The first-order valence-electron chi connectivity index (χ1n) is 7.52. The number of imidazole rings is 1. The number of carbonyl (C=O) groups is 1. The highest BCUT2D eigenvalue weighted by atomic mass is 16.1. The number of nitrogens with one attached hydrogen (secondary N) is 1. The standard InChI is InChI=1S/C19H16N4O/c1-23-11-10-21-18(23)17(15-7-3-2-4-8-15)22-19(24)16-9-5-6-14(12-16)13-20/h2-12,17H,1H3,(H,22,24). The van der Waals surface area contributed by atoms with Gasteiger partial charge < -0.3 is 9.88 Å². The number of carbonyl (C=O) groups excluding carboxylic acids is 1. The van der Waals surface area contributed by atoms with E-state index in [-0.39, 0.29) is 11.9 Å². The van der Waals surface area contributed by atoms with Gasteiger partial charge in [0.2, 0.25) is 0 Å². The zero-order valence-corrected chi connectivity index (χ0v) is 13.2. The van der Waals surface area contributed by atoms with Gasteiger partial charge in [-0.1, -0.05) is 36.4 Å². The van der Waals surface area contributed by atoms with Crippen molar-refractivity contribution in [3.05, 3.63) is 89.5 Å². The minimum atomic E-state index is -0.371. The van der Waals surface area contributed by atoms with Gasteiger partial charge in [-0.2, -0.15) is 5.26 Å². The monoisotopic (exact) mass is 316 g/mol. The predicted molar refractivity (Wildman–Crippen MR) is 90.1 cm³/mol. The third-order valence-electron chi connectivity index (χ3n) is 3.78. The number of aryl methyl sites for hydroxylation is 1. The van der Waals surface area contributed by atoms with Gasteiger partial charge in [-0.15, -0.1) is 0 Å². The largest absolute Gasteiger partial charge is 0.338 e. The van der Waals surface area contributed by atoms with Crippen molar-refractivity contribution in [2.75, 3.05) is 0 Å². The lowest BCUT2D eigenvalue weighted by Gasteiger charge is -2.19. The van der Waals surface area contributed by atoms with Crippen LogP contribution in [0.1, 0.15) is 33.4 Å². The molecule has 5 nitrogen and oxygen atoms in total. The Morgan fingerprint density at radius 3 is 2.67 bits per heavy atom. The number of aromatic nitrogens is 2. The van der Waals surface area contributed by atoms with Gasteiger partial charge >= 0.3 is 0 Å². The molecule has 1 aromatic heterocycles. The third kappa shape index (κ3) is 3.18. The molecule has 24 heavy (non-hydrogen) atoms. The summed E-state index contributed by atoms with van der Waals surface area (Å²) in [6.45, 7) is 0. The maximum atomic E-state index is 12.6. The Morgan fingerprint density at radius 1 is 1.21 bits per heavy atom. The zero-order chi connectivity index (χ0) is 16.9. The molecule has 0 aliphatic heterocycles. The molecule has 2 aromatic carbocycles. The summed E-state index contributed by atoms with van der Waals surface area (Å²) in [5, 5.41) is 12.0. The van der Waals surface area contributed by atoms with Crippen molar-refractivity contribution in [2.24, 2.45) is 7.05 Å². The van der Waals surface area contributed by atoms with Gasteiger partial charge in [-0.25, -0.2) is 4.98 Å². The van der Waals surface area contributed by atoms with E-state index in [9.17, 15) is 4.79 Å². The number of hydrogen-bond acceptors (Lipinski definition) is 3. The van der Waals surface area contributed by atoms with Crippen LogP contribution in [-0.4, -0.2) is 15.5 Å². The lowest BCUT2D eigenvalue weighted by atomic mass is 10.0. The van der Waals surface area contributed by atoms with Crippen molar-refractivity contribution in [3.63, 3.8) is 0 Å². The summed E-state index contributed by atoms with van der Waals surface area (Å²) in [4.78, 5) is 17.0. The van der Waals surface area contributed by atoms with Crippen molar-refractivity contribution >= 4 is 5.91 Å². The van der Waals surface area contributed by atoms with Crippen LogP contribution in [0.2, 0.25) is 0 Å². The lowest BCUT2D eigenvalue weighted by molar-refractivity contribution is 0.0941. The molecule has 1 amide bonds. The number of nitrogens with zero attached hydrogens (tertiary/aromatic N) is 3. The Balaban J connectivity index is 1.94. The van der Waals surface area contributed by atoms with Crippen molar-refractivity contribution in [1.29, 1.82) is 5.26 Å². The summed E-state index contributed by atoms with van der Waals surface area (Å²) in [5.41, 5.74) is 1.84. The molecule has 3 aromatic rings. The predicted octanol–water partition coefficient (Wildman–Crippen LogP) is 2.81. The van der Waals surface area contributed by atoms with E-state index in [1.165, 1.54) is 0 Å². The van der Waals surface area contributed by atoms with Gasteiger partial charge in [-0.05, 0) is 23.8 Å². The van der Waals surface area contributed by atoms with Gasteiger partial charge in [0.15, 0.2) is 0 Å². The summed E-state index contributed by atoms with van der Waals surface area (Å²) in [6, 6.07) is 18.0. The van der Waals surface area contributed by atoms with Crippen molar-refractivity contribution in [2.45, 2.75) is 6.04 Å². The minimum Gasteiger partial charge on any atom is -0.338 e. The Labute approximate surface area is 140 Å². The van der Waals surface area contributed by atoms with E-state index in [4.69, 9.17) is 5.26 Å². The van der Waals surface area contributed by atoms with Crippen LogP contribution >= 0.6 is 0 Å². The second kappa shape index (κ2) is 6.80. The fourth-order valence-electron chi connectivity index (χ4n) is 2.54. The number of benzene rings is 2. The molecule has 118 valence electrons. The number of rotatable bonds is 4. The normalized spacial score (nSPS) is 11.5. The molecule has 1 atom stereocenters. The van der Waals surface area contributed by atoms with Crippen LogP contribution in [0.5, 0.6) is 0 Å². The van der Waals surface area contributed by atoms with Crippen molar-refractivity contribution < 1.29 is 4.79 Å². The number of amides is 1. The van der Waals surface area contributed by atoms with Crippen LogP contribution in [0.4, 0.5) is 0 Å². The average Bonchev–Trinajstić information content (AvgIpc) is 3.06. The molecule has 0 saturated carbocycles. The van der Waals surface area contributed by atoms with E-state index in [1.54, 1.807) is 30.5 Å². The Morgan fingerprint density at radius 2 is 2.00 bits per heavy atom. The molecule has 0 fully saturated rings. The topological polar surface area (TPSA) is 70.7 Å². The van der Waals surface area contributed by atoms with E-state index in [2.05, 4.69) is 10.3 Å². The summed E-state index contributed by atoms with van der Waals surface area (Å²) in [6.07, 6.45) is 3.54. The fourth-order valence-corrected chi connectivity index (χ4v) is 2.54. The Kier molecular flexibility index (Phi) is 4.39. The second-order valence-corrected chi connectivity index (χ2v) is 5.41. The first-order valence-corrected chi connectivity index (χ1v) is 7.52. The first-order chi connectivity index (χ1) is 11.7. The molecule has 3 rings (SSSR count). The number of hydrogen-bond donors (Lipinski definition) is 1. The van der Waals surface area contributed by atoms with Crippen LogP contribution in [0.25, 0.3) is 0 Å². The van der Waals surface area contributed by atoms with Crippen LogP contribution in [0.15, 0.2) is 67.0 Å². The SMILES string of the molecule is Cn1ccnc1C(NC(=O)c1cccc(C#N)c1)c1ccccc1. The Bertz CT molecular complexity index is 893. The van der Waals surface area contributed by atoms with Gasteiger partial charge in [0, 0.05) is 25.0 Å². The van der Waals surface area contributed by atoms with Crippen molar-refractivity contribution in [3.8, 4) is 6.07 Å². The highest BCUT2D eigenvalue weighted by Gasteiger charge is 2.21. The minimum absolute atomic E-state index is 0.246. The van der Waals surface area contributed by atoms with Crippen LogP contribution in [0.3, 0.4) is 0 Å². The molecule has 1 N–H and O–H groups in total. The maximum absolute atomic E-state index is 12.6. The fraction of sp³-hybridized carbons (Fsp3) is 0.105. The quantitative estimate of drug-likeness (QED) is 0.804. The zero-order valence-electron chi connectivity index (χ0n) is 13.2. The summed E-state index contributed by atoms with van der Waals surface area (Å²) < 4.78 is 1.88. The highest BCUT2D eigenvalue weighted by Crippen LogP contribution is 2.21. The molecular weight excluding hydrogens is 300 g/mol. The van der Waals surface area contributed by atoms with Gasteiger partial charge in [-0.3, -0.25) is 4.79 Å². The van der Waals surface area contributed by atoms with Crippen LogP contribution in [-0.2, 0) is 7.05 Å². The summed E-state index contributed by atoms with van der Waals surface area (Å²) >= 11 is 0. The summed E-state index contributed by atoms with van der Waals surface area (Å²) in [5.74, 6) is 0.495. The molecule has 0 radical (unpaired) electrons. The molecule has 0 saturated heterocycles. The van der Waals surface area contributed by atoms with E-state index in [0.29, 0.717) is 11.1 Å². The van der Waals surface area contributed by atoms with E-state index in [1.807, 2.05) is 54.2 Å². The van der Waals surface area contributed by atoms with Gasteiger partial charge in [0.1, 0.15) is 11.9 Å². The number of nitriles is 1. The first kappa shape index (κ1) is 15.5. The van der Waals surface area contributed by atoms with E-state index < -0.39 is 0 Å². The average molecular weight is 316 g/mol. The smallest absolute Gasteiger partial charge is 0.252 e. The molecule has 0 aliphatic carbocycles. The maximum Gasteiger partial charge on any atom is 0.252 e. The third-order valence-corrected chi connectivity index (χ3v) is 3.78. The molecule has 0 bridgehead atoms. The highest BCUT2D eigenvalue weighted by molar-refractivity contribution is 5.95. The molecule has 0 aliphatic rings.